The summed E-state index contributed by atoms with van der Waals surface area (Å²) in [7, 11) is 0. The van der Waals surface area contributed by atoms with Crippen LogP contribution in [0.3, 0.4) is 0 Å². The van der Waals surface area contributed by atoms with Crippen molar-refractivity contribution in [2.75, 3.05) is 11.6 Å². The van der Waals surface area contributed by atoms with E-state index in [0.717, 1.165) is 4.90 Å². The molecule has 1 aromatic rings. The van der Waals surface area contributed by atoms with Crippen LogP contribution in [-0.4, -0.2) is 22.9 Å². The number of rotatable bonds is 5. The first-order valence-electron chi connectivity index (χ1n) is 4.86. The number of hydrogen-bond donors (Lipinski definition) is 0. The molecule has 0 aromatic heterocycles. The van der Waals surface area contributed by atoms with Crippen molar-refractivity contribution in [1.29, 1.82) is 0 Å². The molecule has 0 spiro atoms. The first-order valence-corrected chi connectivity index (χ1v) is 8.02. The third-order valence-corrected chi connectivity index (χ3v) is 4.21. The fourth-order valence-electron chi connectivity index (χ4n) is 1.35. The number of carbonyl (C=O) groups is 1. The number of hydrogen-bond acceptors (Lipinski definition) is 3. The number of alkyl halides is 4. The van der Waals surface area contributed by atoms with Crippen molar-refractivity contribution in [3.8, 4) is 0 Å². The summed E-state index contributed by atoms with van der Waals surface area (Å²) in [5.74, 6) is -0.0561. The minimum Gasteiger partial charge on any atom is -0.298 e. The zero-order valence-corrected chi connectivity index (χ0v) is 12.6. The summed E-state index contributed by atoms with van der Waals surface area (Å²) in [5.41, 5.74) is -3.67. The second-order valence-electron chi connectivity index (χ2n) is 3.37. The molecule has 0 saturated heterocycles. The van der Waals surface area contributed by atoms with Crippen LogP contribution in [-0.2, 0) is 11.2 Å². The molecule has 18 heavy (non-hydrogen) atoms. The highest BCUT2D eigenvalue weighted by atomic mass is 79.9. The third-order valence-electron chi connectivity index (χ3n) is 2.02. The summed E-state index contributed by atoms with van der Waals surface area (Å²) >= 11 is 4.30. The second kappa shape index (κ2) is 6.86. The van der Waals surface area contributed by atoms with Crippen LogP contribution in [0.1, 0.15) is 5.56 Å². The van der Waals surface area contributed by atoms with Crippen LogP contribution >= 0.6 is 39.5 Å². The van der Waals surface area contributed by atoms with Crippen molar-refractivity contribution in [2.45, 2.75) is 21.7 Å². The van der Waals surface area contributed by atoms with Crippen LogP contribution < -0.4 is 0 Å². The van der Waals surface area contributed by atoms with Crippen molar-refractivity contribution in [2.24, 2.45) is 0 Å². The van der Waals surface area contributed by atoms with Gasteiger partial charge in [-0.1, -0.05) is 15.9 Å². The monoisotopic (exact) mass is 358 g/mol. The van der Waals surface area contributed by atoms with E-state index in [1.165, 1.54) is 23.9 Å². The lowest BCUT2D eigenvalue weighted by molar-refractivity contribution is -0.115. The highest BCUT2D eigenvalue weighted by Crippen LogP contribution is 2.38. The fourth-order valence-corrected chi connectivity index (χ4v) is 2.75. The van der Waals surface area contributed by atoms with Gasteiger partial charge in [-0.15, -0.1) is 11.8 Å². The van der Waals surface area contributed by atoms with Crippen molar-refractivity contribution in [3.63, 3.8) is 0 Å². The average molecular weight is 359 g/mol. The third kappa shape index (κ3) is 5.24. The van der Waals surface area contributed by atoms with Crippen molar-refractivity contribution < 1.29 is 18.0 Å². The molecule has 0 aliphatic rings. The van der Waals surface area contributed by atoms with Gasteiger partial charge in [0, 0.05) is 16.2 Å². The summed E-state index contributed by atoms with van der Waals surface area (Å²) < 4.78 is 36.8. The Morgan fingerprint density at radius 2 is 2.06 bits per heavy atom. The number of halogens is 4. The van der Waals surface area contributed by atoms with Crippen LogP contribution in [0.15, 0.2) is 28.0 Å². The van der Waals surface area contributed by atoms with Crippen molar-refractivity contribution in [3.05, 3.63) is 23.8 Å². The maximum Gasteiger partial charge on any atom is 0.446 e. The maximum atomic E-state index is 12.3. The maximum absolute atomic E-state index is 12.3. The van der Waals surface area contributed by atoms with E-state index in [4.69, 9.17) is 0 Å². The van der Waals surface area contributed by atoms with Gasteiger partial charge in [0.25, 0.3) is 0 Å². The van der Waals surface area contributed by atoms with E-state index >= 15 is 0 Å². The molecule has 100 valence electrons. The molecule has 0 N–H and O–H groups in total. The summed E-state index contributed by atoms with van der Waals surface area (Å²) in [5, 5.41) is 0.206. The van der Waals surface area contributed by atoms with E-state index < -0.39 is 5.51 Å². The Morgan fingerprint density at radius 1 is 1.39 bits per heavy atom. The summed E-state index contributed by atoms with van der Waals surface area (Å²) in [6.45, 7) is 0. The first kappa shape index (κ1) is 15.9. The standard InChI is InChI=1S/C11H10BrF3OS2/c1-17-10-3-2-9(18-11(13,14)15)5-7(10)4-8(16)6-12/h2-3,5H,4,6H2,1H3. The van der Waals surface area contributed by atoms with Gasteiger partial charge in [-0.05, 0) is 41.8 Å². The Kier molecular flexibility index (Phi) is 6.07. The minimum atomic E-state index is -4.31. The first-order chi connectivity index (χ1) is 8.35. The number of Topliss-reactive ketones (excluding diaryl/α,β-unsaturated/α-hetero) is 1. The van der Waals surface area contributed by atoms with E-state index in [1.54, 1.807) is 6.07 Å². The van der Waals surface area contributed by atoms with E-state index in [2.05, 4.69) is 15.9 Å². The predicted molar refractivity (Wildman–Crippen MR) is 72.6 cm³/mol. The van der Waals surface area contributed by atoms with Crippen LogP contribution in [0.2, 0.25) is 0 Å². The zero-order valence-electron chi connectivity index (χ0n) is 9.38. The van der Waals surface area contributed by atoms with Crippen molar-refractivity contribution >= 4 is 45.2 Å². The number of carbonyl (C=O) groups excluding carboxylic acids is 1. The van der Waals surface area contributed by atoms with E-state index in [1.807, 2.05) is 6.26 Å². The van der Waals surface area contributed by atoms with Crippen LogP contribution in [0.5, 0.6) is 0 Å². The van der Waals surface area contributed by atoms with Crippen LogP contribution in [0, 0.1) is 0 Å². The summed E-state index contributed by atoms with van der Waals surface area (Å²) in [6.07, 6.45) is 1.97. The fraction of sp³-hybridized carbons (Fsp3) is 0.364. The number of ketones is 1. The highest BCUT2D eigenvalue weighted by molar-refractivity contribution is 9.09. The average Bonchev–Trinajstić information content (AvgIpc) is 2.27. The smallest absolute Gasteiger partial charge is 0.298 e. The van der Waals surface area contributed by atoms with Gasteiger partial charge in [0.05, 0.1) is 5.33 Å². The Bertz CT molecular complexity index is 435. The lowest BCUT2D eigenvalue weighted by Gasteiger charge is -2.10. The van der Waals surface area contributed by atoms with Gasteiger partial charge in [-0.25, -0.2) is 0 Å². The molecule has 0 bridgehead atoms. The molecule has 0 amide bonds. The highest BCUT2D eigenvalue weighted by Gasteiger charge is 2.29. The van der Waals surface area contributed by atoms with Gasteiger partial charge in [-0.2, -0.15) is 13.2 Å². The topological polar surface area (TPSA) is 17.1 Å². The lowest BCUT2D eigenvalue weighted by atomic mass is 10.1. The van der Waals surface area contributed by atoms with Gasteiger partial charge < -0.3 is 0 Å². The molecular formula is C11H10BrF3OS2. The van der Waals surface area contributed by atoms with E-state index in [9.17, 15) is 18.0 Å². The Balaban J connectivity index is 2.98. The SMILES string of the molecule is CSc1ccc(SC(F)(F)F)cc1CC(=O)CBr. The quantitative estimate of drug-likeness (QED) is 0.568. The molecule has 0 saturated carbocycles. The normalized spacial score (nSPS) is 11.6. The Labute approximate surface area is 120 Å². The van der Waals surface area contributed by atoms with Crippen LogP contribution in [0.4, 0.5) is 13.2 Å². The molecule has 1 aromatic carbocycles. The largest absolute Gasteiger partial charge is 0.446 e. The van der Waals surface area contributed by atoms with Gasteiger partial charge in [0.2, 0.25) is 0 Å². The lowest BCUT2D eigenvalue weighted by Crippen LogP contribution is -2.05. The summed E-state index contributed by atoms with van der Waals surface area (Å²) in [6, 6.07) is 4.48. The molecule has 0 radical (unpaired) electrons. The predicted octanol–water partition coefficient (Wildman–Crippen LogP) is 4.53. The number of benzene rings is 1. The molecule has 1 nitrogen and oxygen atoms in total. The Morgan fingerprint density at radius 3 is 2.56 bits per heavy atom. The zero-order chi connectivity index (χ0) is 13.8. The minimum absolute atomic E-state index is 0.0561. The van der Waals surface area contributed by atoms with Crippen molar-refractivity contribution in [1.82, 2.24) is 0 Å². The summed E-state index contributed by atoms with van der Waals surface area (Å²) in [4.78, 5) is 12.3. The molecule has 0 aliphatic carbocycles. The molecule has 0 fully saturated rings. The molecule has 1 rings (SSSR count). The van der Waals surface area contributed by atoms with Gasteiger partial charge in [0.1, 0.15) is 5.78 Å². The second-order valence-corrected chi connectivity index (χ2v) is 5.92. The molecule has 0 unspecified atom stereocenters. The molecular weight excluding hydrogens is 349 g/mol. The molecule has 7 heteroatoms. The van der Waals surface area contributed by atoms with Gasteiger partial charge >= 0.3 is 5.51 Å². The van der Waals surface area contributed by atoms with Gasteiger partial charge in [0.15, 0.2) is 0 Å². The van der Waals surface area contributed by atoms with Crippen LogP contribution in [0.25, 0.3) is 0 Å². The molecule has 0 atom stereocenters. The molecule has 0 aliphatic heterocycles. The van der Waals surface area contributed by atoms with E-state index in [-0.39, 0.29) is 34.2 Å². The number of thioether (sulfide) groups is 2. The van der Waals surface area contributed by atoms with E-state index in [0.29, 0.717) is 5.56 Å². The molecule has 0 heterocycles. The van der Waals surface area contributed by atoms with Gasteiger partial charge in [-0.3, -0.25) is 4.79 Å². The Hall–Kier alpha value is -0.140.